The molecule has 7 aromatic rings. The second-order valence-corrected chi connectivity index (χ2v) is 18.2. The molecule has 3 N–H and O–H groups in total. The van der Waals surface area contributed by atoms with E-state index in [0.717, 1.165) is 125 Å². The molecule has 0 atom stereocenters. The molecule has 0 unspecified atom stereocenters. The van der Waals surface area contributed by atoms with Gasteiger partial charge in [0.25, 0.3) is 5.91 Å². The van der Waals surface area contributed by atoms with Crippen LogP contribution < -0.4 is 20.9 Å². The molecule has 4 aromatic heterocycles. The summed E-state index contributed by atoms with van der Waals surface area (Å²) in [4.78, 5) is 54.8. The lowest BCUT2D eigenvalue weighted by atomic mass is 10.0. The first-order valence-corrected chi connectivity index (χ1v) is 23.3. The maximum absolute atomic E-state index is 13.7. The van der Waals surface area contributed by atoms with Gasteiger partial charge in [-0.1, -0.05) is 30.3 Å². The van der Waals surface area contributed by atoms with Gasteiger partial charge in [0.15, 0.2) is 16.0 Å². The number of piperazine rings is 2. The smallest absolute Gasteiger partial charge is 0.252 e. The van der Waals surface area contributed by atoms with E-state index in [2.05, 4.69) is 64.7 Å². The van der Waals surface area contributed by atoms with Crippen molar-refractivity contribution < 1.29 is 9.59 Å². The molecule has 15 heteroatoms. The van der Waals surface area contributed by atoms with Crippen LogP contribution in [0.3, 0.4) is 0 Å². The van der Waals surface area contributed by atoms with Gasteiger partial charge in [-0.3, -0.25) is 29.4 Å². The molecule has 0 aliphatic carbocycles. The van der Waals surface area contributed by atoms with Gasteiger partial charge in [-0.2, -0.15) is 0 Å². The fourth-order valence-corrected chi connectivity index (χ4v) is 9.37. The standard InChI is InChI=1S/C49H51N11O2S2/c1-33-9-11-37(46(61)36-6-4-8-41(23-36)60-20-14-57(3)15-21-60)24-42(33)53-49-56-45(31-64-49)40-22-35(26-51-28-40)29-58-16-18-59(19-17-58)32-52-47(62)38-12-10-34(2)43(25-38)54-48-55-44(30-63-48)39-7-5-13-50-27-39/h4-13,22-28,30-31H,14-21,29,32H2,1-3H3,(H,52,62)(H,53,56)(H,54,55). The Morgan fingerprint density at radius 2 is 1.28 bits per heavy atom. The van der Waals surface area contributed by atoms with Crippen LogP contribution in [0.15, 0.2) is 114 Å². The number of pyridine rings is 2. The van der Waals surface area contributed by atoms with E-state index in [-0.39, 0.29) is 11.7 Å². The van der Waals surface area contributed by atoms with E-state index in [1.165, 1.54) is 22.7 Å². The van der Waals surface area contributed by atoms with E-state index < -0.39 is 0 Å². The quantitative estimate of drug-likeness (QED) is 0.0907. The van der Waals surface area contributed by atoms with Crippen LogP contribution in [0.5, 0.6) is 0 Å². The molecule has 13 nitrogen and oxygen atoms in total. The average molecular weight is 890 g/mol. The molecule has 2 aliphatic heterocycles. The van der Waals surface area contributed by atoms with Crippen LogP contribution in [-0.2, 0) is 6.54 Å². The van der Waals surface area contributed by atoms with Crippen LogP contribution in [0.4, 0.5) is 27.3 Å². The third-order valence-corrected chi connectivity index (χ3v) is 13.4. The van der Waals surface area contributed by atoms with Gasteiger partial charge in [0.2, 0.25) is 0 Å². The highest BCUT2D eigenvalue weighted by Crippen LogP contribution is 2.31. The summed E-state index contributed by atoms with van der Waals surface area (Å²) < 4.78 is 0. The highest BCUT2D eigenvalue weighted by Gasteiger charge is 2.20. The van der Waals surface area contributed by atoms with Crippen LogP contribution in [0, 0.1) is 13.8 Å². The number of thiazole rings is 2. The molecule has 326 valence electrons. The summed E-state index contributed by atoms with van der Waals surface area (Å²) in [5.74, 6) is -0.110. The largest absolute Gasteiger partial charge is 0.369 e. The highest BCUT2D eigenvalue weighted by atomic mass is 32.1. The van der Waals surface area contributed by atoms with Crippen LogP contribution in [-0.4, -0.2) is 112 Å². The number of ketones is 1. The van der Waals surface area contributed by atoms with Gasteiger partial charge in [-0.15, -0.1) is 22.7 Å². The Morgan fingerprint density at radius 3 is 1.98 bits per heavy atom. The monoisotopic (exact) mass is 889 g/mol. The number of nitrogens with one attached hydrogen (secondary N) is 3. The van der Waals surface area contributed by atoms with Crippen molar-refractivity contribution in [2.45, 2.75) is 20.4 Å². The molecule has 2 saturated heterocycles. The van der Waals surface area contributed by atoms with Crippen molar-refractivity contribution in [2.24, 2.45) is 0 Å². The summed E-state index contributed by atoms with van der Waals surface area (Å²) in [5.41, 5.74) is 11.5. The molecule has 3 aromatic carbocycles. The summed E-state index contributed by atoms with van der Waals surface area (Å²) in [5, 5.41) is 15.6. The van der Waals surface area contributed by atoms with Crippen molar-refractivity contribution >= 4 is 61.7 Å². The number of carbonyl (C=O) groups is 2. The van der Waals surface area contributed by atoms with Gasteiger partial charge < -0.3 is 25.8 Å². The van der Waals surface area contributed by atoms with Crippen LogP contribution >= 0.6 is 22.7 Å². The van der Waals surface area contributed by atoms with Crippen molar-refractivity contribution in [1.29, 1.82) is 0 Å². The van der Waals surface area contributed by atoms with E-state index in [1.807, 2.05) is 104 Å². The lowest BCUT2D eigenvalue weighted by Crippen LogP contribution is -2.49. The Kier molecular flexibility index (Phi) is 13.1. The molecule has 0 bridgehead atoms. The summed E-state index contributed by atoms with van der Waals surface area (Å²) in [6.45, 7) is 12.7. The zero-order valence-corrected chi connectivity index (χ0v) is 37.9. The zero-order chi connectivity index (χ0) is 44.0. The van der Waals surface area contributed by atoms with Crippen molar-refractivity contribution in [3.63, 3.8) is 0 Å². The van der Waals surface area contributed by atoms with E-state index in [9.17, 15) is 9.59 Å². The molecular formula is C49H51N11O2S2. The SMILES string of the molecule is Cc1ccc(C(=O)NCN2CCN(Cc3cncc(-c4csc(Nc5cc(C(=O)c6cccc(N7CCN(C)CC7)c6)ccc5C)n4)c3)CC2)cc1Nc1nc(-c2cccnc2)cs1. The molecule has 0 radical (unpaired) electrons. The van der Waals surface area contributed by atoms with Crippen molar-refractivity contribution in [3.8, 4) is 22.5 Å². The number of hydrogen-bond acceptors (Lipinski definition) is 14. The number of rotatable bonds is 14. The van der Waals surface area contributed by atoms with E-state index in [0.29, 0.717) is 23.4 Å². The predicted molar refractivity (Wildman–Crippen MR) is 258 cm³/mol. The van der Waals surface area contributed by atoms with Gasteiger partial charge >= 0.3 is 0 Å². The fraction of sp³-hybridized carbons (Fsp3) is 0.265. The number of anilines is 5. The van der Waals surface area contributed by atoms with Crippen molar-refractivity contribution in [1.82, 2.24) is 40.0 Å². The van der Waals surface area contributed by atoms with Gasteiger partial charge in [0.05, 0.1) is 18.1 Å². The minimum Gasteiger partial charge on any atom is -0.369 e. The maximum atomic E-state index is 13.7. The van der Waals surface area contributed by atoms with Crippen LogP contribution in [0.25, 0.3) is 22.5 Å². The van der Waals surface area contributed by atoms with Crippen LogP contribution in [0.1, 0.15) is 43.0 Å². The molecule has 9 rings (SSSR count). The Balaban J connectivity index is 0.756. The second-order valence-electron chi connectivity index (χ2n) is 16.4. The summed E-state index contributed by atoms with van der Waals surface area (Å²) in [6.07, 6.45) is 7.33. The Bertz CT molecular complexity index is 2740. The van der Waals surface area contributed by atoms with E-state index in [4.69, 9.17) is 9.97 Å². The summed E-state index contributed by atoms with van der Waals surface area (Å²) in [7, 11) is 2.14. The normalized spacial score (nSPS) is 15.0. The minimum atomic E-state index is -0.110. The minimum absolute atomic E-state index is 0.000463. The third-order valence-electron chi connectivity index (χ3n) is 11.9. The maximum Gasteiger partial charge on any atom is 0.252 e. The number of hydrogen-bond donors (Lipinski definition) is 3. The number of carbonyl (C=O) groups excluding carboxylic acids is 2. The fourth-order valence-electron chi connectivity index (χ4n) is 7.91. The molecule has 64 heavy (non-hydrogen) atoms. The number of aromatic nitrogens is 4. The first-order valence-electron chi connectivity index (χ1n) is 21.5. The predicted octanol–water partition coefficient (Wildman–Crippen LogP) is 8.32. The van der Waals surface area contributed by atoms with Crippen molar-refractivity contribution in [2.75, 3.05) is 81.6 Å². The molecule has 2 fully saturated rings. The van der Waals surface area contributed by atoms with E-state index >= 15 is 0 Å². The summed E-state index contributed by atoms with van der Waals surface area (Å²) in [6, 6.07) is 25.6. The second kappa shape index (κ2) is 19.6. The average Bonchev–Trinajstić information content (AvgIpc) is 4.01. The number of nitrogens with zero attached hydrogens (tertiary/aromatic N) is 8. The van der Waals surface area contributed by atoms with Gasteiger partial charge in [-0.05, 0) is 86.1 Å². The number of benzene rings is 3. The molecular weight excluding hydrogens is 839 g/mol. The van der Waals surface area contributed by atoms with E-state index in [1.54, 1.807) is 12.4 Å². The first kappa shape index (κ1) is 42.9. The first-order chi connectivity index (χ1) is 31.2. The van der Waals surface area contributed by atoms with Gasteiger partial charge in [-0.25, -0.2) is 9.97 Å². The number of amides is 1. The molecule has 0 spiro atoms. The highest BCUT2D eigenvalue weighted by molar-refractivity contribution is 7.14. The Hall–Kier alpha value is -6.36. The Morgan fingerprint density at radius 1 is 0.641 bits per heavy atom. The van der Waals surface area contributed by atoms with Crippen LogP contribution in [0.2, 0.25) is 0 Å². The lowest BCUT2D eigenvalue weighted by Gasteiger charge is -2.34. The Labute approximate surface area is 381 Å². The topological polar surface area (TPSA) is 135 Å². The third kappa shape index (κ3) is 10.4. The molecule has 6 heterocycles. The molecule has 0 saturated carbocycles. The molecule has 1 amide bonds. The lowest BCUT2D eigenvalue weighted by molar-refractivity contribution is 0.0864. The number of likely N-dealkylation sites (N-methyl/N-ethyl adjacent to an activating group) is 1. The van der Waals surface area contributed by atoms with Crippen molar-refractivity contribution in [3.05, 3.63) is 148 Å². The number of aryl methyl sites for hydroxylation is 2. The summed E-state index contributed by atoms with van der Waals surface area (Å²) >= 11 is 3.04. The molecule has 2 aliphatic rings. The van der Waals surface area contributed by atoms with Gasteiger partial charge in [0, 0.05) is 139 Å². The van der Waals surface area contributed by atoms with Gasteiger partial charge in [0.1, 0.15) is 0 Å². The zero-order valence-electron chi connectivity index (χ0n) is 36.3.